The van der Waals surface area contributed by atoms with Gasteiger partial charge < -0.3 is 26.4 Å². The molecule has 5 N–H and O–H groups in total. The number of hydrogen-bond donors (Lipinski definition) is 4. The SMILES string of the molecule is CC(C)C(NC(=O)C1CSC2c3ccccc3C(=O)N12)C(=O)NC(CC(N)=O)C(=O)O. The van der Waals surface area contributed by atoms with E-state index in [-0.39, 0.29) is 17.2 Å². The number of nitrogens with one attached hydrogen (secondary N) is 2. The Labute approximate surface area is 182 Å². The number of nitrogens with two attached hydrogens (primary N) is 1. The Morgan fingerprint density at radius 2 is 1.90 bits per heavy atom. The molecule has 1 fully saturated rings. The molecule has 2 heterocycles. The second-order valence-electron chi connectivity index (χ2n) is 7.80. The van der Waals surface area contributed by atoms with Crippen LogP contribution in [0.1, 0.15) is 41.6 Å². The zero-order valence-electron chi connectivity index (χ0n) is 17.0. The van der Waals surface area contributed by atoms with Gasteiger partial charge in [0.25, 0.3) is 5.91 Å². The molecule has 0 radical (unpaired) electrons. The van der Waals surface area contributed by atoms with Gasteiger partial charge in [-0.05, 0) is 17.5 Å². The van der Waals surface area contributed by atoms with E-state index >= 15 is 0 Å². The van der Waals surface area contributed by atoms with E-state index in [0.29, 0.717) is 11.3 Å². The first-order chi connectivity index (χ1) is 14.6. The normalized spacial score (nSPS) is 21.3. The molecule has 0 saturated carbocycles. The standard InChI is InChI=1S/C20H24N4O6S/c1-9(2)15(17(27)22-12(20(29)30)7-14(21)25)23-16(26)13-8-31-19-11-6-4-3-5-10(11)18(28)24(13)19/h3-6,9,12-13,15,19H,7-8H2,1-2H3,(H2,21,25)(H,22,27)(H,23,26)(H,29,30). The van der Waals surface area contributed by atoms with Crippen LogP contribution in [0.3, 0.4) is 0 Å². The van der Waals surface area contributed by atoms with E-state index in [1.54, 1.807) is 26.0 Å². The Balaban J connectivity index is 1.72. The van der Waals surface area contributed by atoms with E-state index in [0.717, 1.165) is 5.56 Å². The lowest BCUT2D eigenvalue weighted by Gasteiger charge is -2.27. The van der Waals surface area contributed by atoms with Gasteiger partial charge >= 0.3 is 5.97 Å². The fourth-order valence-corrected chi connectivity index (χ4v) is 5.15. The number of carbonyl (C=O) groups is 5. The van der Waals surface area contributed by atoms with Crippen LogP contribution in [0.5, 0.6) is 0 Å². The van der Waals surface area contributed by atoms with Gasteiger partial charge in [-0.2, -0.15) is 0 Å². The number of aliphatic carboxylic acids is 1. The molecule has 2 aliphatic heterocycles. The highest BCUT2D eigenvalue weighted by atomic mass is 32.2. The quantitative estimate of drug-likeness (QED) is 0.430. The van der Waals surface area contributed by atoms with Crippen LogP contribution in [-0.2, 0) is 19.2 Å². The van der Waals surface area contributed by atoms with E-state index in [1.165, 1.54) is 16.7 Å². The summed E-state index contributed by atoms with van der Waals surface area (Å²) in [6.45, 7) is 3.38. The van der Waals surface area contributed by atoms with E-state index < -0.39 is 48.2 Å². The fraction of sp³-hybridized carbons (Fsp3) is 0.450. The summed E-state index contributed by atoms with van der Waals surface area (Å²) in [5, 5.41) is 13.9. The molecule has 4 unspecified atom stereocenters. The number of carboxylic acid groups (broad SMARTS) is 1. The van der Waals surface area contributed by atoms with Crippen molar-refractivity contribution in [3.05, 3.63) is 35.4 Å². The summed E-state index contributed by atoms with van der Waals surface area (Å²) in [6, 6.07) is 3.89. The summed E-state index contributed by atoms with van der Waals surface area (Å²) >= 11 is 1.48. The molecule has 0 aliphatic carbocycles. The van der Waals surface area contributed by atoms with Crippen molar-refractivity contribution in [1.29, 1.82) is 0 Å². The Bertz CT molecular complexity index is 936. The van der Waals surface area contributed by atoms with Crippen molar-refractivity contribution in [2.24, 2.45) is 11.7 Å². The predicted octanol–water partition coefficient (Wildman–Crippen LogP) is -0.158. The average Bonchev–Trinajstić information content (AvgIpc) is 3.25. The lowest BCUT2D eigenvalue weighted by Crippen LogP contribution is -2.57. The minimum atomic E-state index is -1.50. The van der Waals surface area contributed by atoms with Crippen molar-refractivity contribution in [3.8, 4) is 0 Å². The van der Waals surface area contributed by atoms with E-state index in [9.17, 15) is 29.1 Å². The maximum absolute atomic E-state index is 13.0. The van der Waals surface area contributed by atoms with Crippen LogP contribution in [0.4, 0.5) is 0 Å². The van der Waals surface area contributed by atoms with Gasteiger partial charge in [0.2, 0.25) is 17.7 Å². The highest BCUT2D eigenvalue weighted by Crippen LogP contribution is 2.48. The molecule has 1 saturated heterocycles. The summed E-state index contributed by atoms with van der Waals surface area (Å²) in [5.74, 6) is -3.74. The number of carboxylic acids is 1. The lowest BCUT2D eigenvalue weighted by molar-refractivity contribution is -0.144. The Morgan fingerprint density at radius 1 is 1.23 bits per heavy atom. The van der Waals surface area contributed by atoms with Crippen LogP contribution in [0.15, 0.2) is 24.3 Å². The van der Waals surface area contributed by atoms with Crippen LogP contribution < -0.4 is 16.4 Å². The number of rotatable bonds is 8. The Hall–Kier alpha value is -3.08. The average molecular weight is 449 g/mol. The molecular formula is C20H24N4O6S. The summed E-state index contributed by atoms with van der Waals surface area (Å²) in [5.41, 5.74) is 6.47. The minimum Gasteiger partial charge on any atom is -0.480 e. The molecule has 3 rings (SSSR count). The van der Waals surface area contributed by atoms with Gasteiger partial charge in [0.1, 0.15) is 23.5 Å². The van der Waals surface area contributed by atoms with Crippen LogP contribution >= 0.6 is 11.8 Å². The van der Waals surface area contributed by atoms with Crippen LogP contribution in [0.25, 0.3) is 0 Å². The molecule has 166 valence electrons. The summed E-state index contributed by atoms with van der Waals surface area (Å²) in [6.07, 6.45) is -0.568. The third-order valence-electron chi connectivity index (χ3n) is 5.26. The number of thioether (sulfide) groups is 1. The van der Waals surface area contributed by atoms with Crippen molar-refractivity contribution in [3.63, 3.8) is 0 Å². The first kappa shape index (κ1) is 22.6. The number of benzene rings is 1. The van der Waals surface area contributed by atoms with Crippen molar-refractivity contribution >= 4 is 41.4 Å². The van der Waals surface area contributed by atoms with Gasteiger partial charge in [0.05, 0.1) is 6.42 Å². The van der Waals surface area contributed by atoms with Crippen LogP contribution in [-0.4, -0.2) is 63.5 Å². The molecule has 0 aromatic heterocycles. The third-order valence-corrected chi connectivity index (χ3v) is 6.57. The first-order valence-corrected chi connectivity index (χ1v) is 10.8. The maximum atomic E-state index is 13.0. The van der Waals surface area contributed by atoms with Gasteiger partial charge in [0.15, 0.2) is 0 Å². The Morgan fingerprint density at radius 3 is 2.52 bits per heavy atom. The van der Waals surface area contributed by atoms with Crippen molar-refractivity contribution in [2.75, 3.05) is 5.75 Å². The van der Waals surface area contributed by atoms with Crippen molar-refractivity contribution in [1.82, 2.24) is 15.5 Å². The zero-order chi connectivity index (χ0) is 22.9. The molecule has 0 bridgehead atoms. The van der Waals surface area contributed by atoms with E-state index in [4.69, 9.17) is 5.73 Å². The second kappa shape index (κ2) is 8.96. The smallest absolute Gasteiger partial charge is 0.326 e. The molecule has 31 heavy (non-hydrogen) atoms. The number of hydrogen-bond acceptors (Lipinski definition) is 6. The van der Waals surface area contributed by atoms with E-state index in [2.05, 4.69) is 10.6 Å². The van der Waals surface area contributed by atoms with Crippen LogP contribution in [0, 0.1) is 5.92 Å². The fourth-order valence-electron chi connectivity index (χ4n) is 3.69. The summed E-state index contributed by atoms with van der Waals surface area (Å²) in [4.78, 5) is 62.4. The number of carbonyl (C=O) groups excluding carboxylic acids is 4. The topological polar surface area (TPSA) is 159 Å². The molecule has 1 aromatic rings. The maximum Gasteiger partial charge on any atom is 0.326 e. The zero-order valence-corrected chi connectivity index (χ0v) is 17.8. The summed E-state index contributed by atoms with van der Waals surface area (Å²) in [7, 11) is 0. The molecule has 2 aliphatic rings. The van der Waals surface area contributed by atoms with Gasteiger partial charge in [0, 0.05) is 11.3 Å². The summed E-state index contributed by atoms with van der Waals surface area (Å²) < 4.78 is 0. The Kier molecular flexibility index (Phi) is 6.54. The third kappa shape index (κ3) is 4.50. The second-order valence-corrected chi connectivity index (χ2v) is 8.91. The molecule has 4 amide bonds. The molecular weight excluding hydrogens is 424 g/mol. The van der Waals surface area contributed by atoms with Crippen molar-refractivity contribution < 1.29 is 29.1 Å². The number of fused-ring (bicyclic) bond motifs is 3. The minimum absolute atomic E-state index is 0.233. The van der Waals surface area contributed by atoms with Gasteiger partial charge in [-0.3, -0.25) is 19.2 Å². The largest absolute Gasteiger partial charge is 0.480 e. The monoisotopic (exact) mass is 448 g/mol. The number of nitrogens with zero attached hydrogens (tertiary/aromatic N) is 1. The molecule has 10 nitrogen and oxygen atoms in total. The molecule has 4 atom stereocenters. The number of amides is 4. The molecule has 0 spiro atoms. The highest BCUT2D eigenvalue weighted by molar-refractivity contribution is 7.99. The predicted molar refractivity (Wildman–Crippen MR) is 112 cm³/mol. The number of primary amides is 1. The van der Waals surface area contributed by atoms with Gasteiger partial charge in [-0.25, -0.2) is 4.79 Å². The highest BCUT2D eigenvalue weighted by Gasteiger charge is 2.48. The molecule has 11 heteroatoms. The van der Waals surface area contributed by atoms with Crippen LogP contribution in [0.2, 0.25) is 0 Å². The lowest BCUT2D eigenvalue weighted by atomic mass is 10.0. The van der Waals surface area contributed by atoms with E-state index in [1.807, 2.05) is 12.1 Å². The van der Waals surface area contributed by atoms with Gasteiger partial charge in [-0.1, -0.05) is 32.0 Å². The van der Waals surface area contributed by atoms with Crippen molar-refractivity contribution in [2.45, 2.75) is 43.8 Å². The molecule has 1 aromatic carbocycles. The van der Waals surface area contributed by atoms with Gasteiger partial charge in [-0.15, -0.1) is 11.8 Å². The first-order valence-electron chi connectivity index (χ1n) is 9.76.